The van der Waals surface area contributed by atoms with E-state index in [1.54, 1.807) is 6.07 Å². The number of nitrogens with one attached hydrogen (secondary N) is 1. The summed E-state index contributed by atoms with van der Waals surface area (Å²) in [5, 5.41) is 3.50. The number of halogens is 1. The summed E-state index contributed by atoms with van der Waals surface area (Å²) in [7, 11) is 0. The van der Waals surface area contributed by atoms with E-state index in [4.69, 9.17) is 18.0 Å². The normalized spacial score (nSPS) is 12.2. The van der Waals surface area contributed by atoms with Crippen LogP contribution in [-0.2, 0) is 0 Å². The summed E-state index contributed by atoms with van der Waals surface area (Å²) >= 11 is 5.71. The van der Waals surface area contributed by atoms with Crippen LogP contribution in [0.15, 0.2) is 12.4 Å². The van der Waals surface area contributed by atoms with E-state index in [0.29, 0.717) is 16.9 Å². The monoisotopic (exact) mass is 209 g/mol. The van der Waals surface area contributed by atoms with Gasteiger partial charge < -0.3 is 5.32 Å². The maximum absolute atomic E-state index is 5.71. The van der Waals surface area contributed by atoms with Gasteiger partial charge in [-0.15, -0.1) is 6.42 Å². The Morgan fingerprint density at radius 3 is 2.71 bits per heavy atom. The zero-order valence-corrected chi connectivity index (χ0v) is 8.92. The largest absolute Gasteiger partial charge is 0.356 e. The van der Waals surface area contributed by atoms with Crippen LogP contribution in [0.4, 0.5) is 5.82 Å². The van der Waals surface area contributed by atoms with Crippen LogP contribution in [0, 0.1) is 18.3 Å². The van der Waals surface area contributed by atoms with Crippen molar-refractivity contribution in [2.24, 2.45) is 5.92 Å². The summed E-state index contributed by atoms with van der Waals surface area (Å²) in [6.45, 7) is 4.08. The van der Waals surface area contributed by atoms with Crippen LogP contribution in [0.5, 0.6) is 0 Å². The molecule has 0 saturated carbocycles. The molecule has 74 valence electrons. The van der Waals surface area contributed by atoms with E-state index >= 15 is 0 Å². The first-order valence-corrected chi connectivity index (χ1v) is 4.71. The number of rotatable bonds is 3. The molecule has 0 saturated heterocycles. The fraction of sp³-hybridized carbons (Fsp3) is 0.400. The Kier molecular flexibility index (Phi) is 3.73. The Balaban J connectivity index is 2.73. The second kappa shape index (κ2) is 4.83. The molecule has 0 spiro atoms. The zero-order valence-electron chi connectivity index (χ0n) is 8.16. The van der Waals surface area contributed by atoms with Crippen LogP contribution in [0.3, 0.4) is 0 Å². The van der Waals surface area contributed by atoms with Crippen molar-refractivity contribution in [1.29, 1.82) is 0 Å². The molecule has 1 unspecified atom stereocenters. The summed E-state index contributed by atoms with van der Waals surface area (Å²) in [5.74, 6) is 3.65. The molecule has 1 N–H and O–H groups in total. The molecule has 0 radical (unpaired) electrons. The molecule has 0 aliphatic rings. The highest BCUT2D eigenvalue weighted by molar-refractivity contribution is 6.29. The summed E-state index contributed by atoms with van der Waals surface area (Å²) in [6.07, 6.45) is 6.77. The standard InChI is InChI=1S/C10H12ClN3/c1-4-8(7(2)3)14-10-5-9(11)12-6-13-10/h1,5-8H,2-3H3,(H,12,13,14). The molecule has 1 heterocycles. The summed E-state index contributed by atoms with van der Waals surface area (Å²) in [6, 6.07) is 1.61. The van der Waals surface area contributed by atoms with Crippen molar-refractivity contribution in [3.8, 4) is 12.3 Å². The topological polar surface area (TPSA) is 37.8 Å². The minimum absolute atomic E-state index is 0.0408. The summed E-state index contributed by atoms with van der Waals surface area (Å²) < 4.78 is 0. The predicted octanol–water partition coefficient (Wildman–Crippen LogP) is 2.20. The average molecular weight is 210 g/mol. The van der Waals surface area contributed by atoms with Gasteiger partial charge >= 0.3 is 0 Å². The lowest BCUT2D eigenvalue weighted by atomic mass is 10.1. The number of nitrogens with zero attached hydrogens (tertiary/aromatic N) is 2. The van der Waals surface area contributed by atoms with E-state index in [0.717, 1.165) is 0 Å². The molecule has 0 amide bonds. The summed E-state index contributed by atoms with van der Waals surface area (Å²) in [4.78, 5) is 7.79. The van der Waals surface area contributed by atoms with Crippen molar-refractivity contribution in [2.75, 3.05) is 5.32 Å². The Bertz CT molecular complexity index is 343. The molecule has 1 atom stereocenters. The van der Waals surface area contributed by atoms with Crippen molar-refractivity contribution in [1.82, 2.24) is 9.97 Å². The second-order valence-electron chi connectivity index (χ2n) is 3.26. The average Bonchev–Trinajstić information content (AvgIpc) is 2.14. The third-order valence-corrected chi connectivity index (χ3v) is 1.99. The highest BCUT2D eigenvalue weighted by Crippen LogP contribution is 2.12. The van der Waals surface area contributed by atoms with E-state index in [2.05, 4.69) is 21.2 Å². The van der Waals surface area contributed by atoms with Gasteiger partial charge in [0.15, 0.2) is 0 Å². The van der Waals surface area contributed by atoms with Crippen LogP contribution in [0.2, 0.25) is 5.15 Å². The minimum Gasteiger partial charge on any atom is -0.356 e. The first-order chi connectivity index (χ1) is 6.63. The Hall–Kier alpha value is -1.27. The van der Waals surface area contributed by atoms with Crippen molar-refractivity contribution in [2.45, 2.75) is 19.9 Å². The van der Waals surface area contributed by atoms with Gasteiger partial charge in [-0.1, -0.05) is 31.4 Å². The van der Waals surface area contributed by atoms with Crippen LogP contribution >= 0.6 is 11.6 Å². The van der Waals surface area contributed by atoms with Gasteiger partial charge in [0.25, 0.3) is 0 Å². The third kappa shape index (κ3) is 2.90. The quantitative estimate of drug-likeness (QED) is 0.613. The first kappa shape index (κ1) is 10.8. The van der Waals surface area contributed by atoms with Crippen molar-refractivity contribution >= 4 is 17.4 Å². The number of aromatic nitrogens is 2. The molecule has 0 fully saturated rings. The molecule has 0 aromatic carbocycles. The van der Waals surface area contributed by atoms with Gasteiger partial charge in [-0.2, -0.15) is 0 Å². The Labute approximate surface area is 88.9 Å². The third-order valence-electron chi connectivity index (χ3n) is 1.78. The van der Waals surface area contributed by atoms with Gasteiger partial charge in [0, 0.05) is 6.07 Å². The Morgan fingerprint density at radius 1 is 1.50 bits per heavy atom. The highest BCUT2D eigenvalue weighted by atomic mass is 35.5. The van der Waals surface area contributed by atoms with E-state index < -0.39 is 0 Å². The van der Waals surface area contributed by atoms with Gasteiger partial charge in [0.2, 0.25) is 0 Å². The molecule has 1 aromatic heterocycles. The smallest absolute Gasteiger partial charge is 0.134 e. The molecule has 0 bridgehead atoms. The lowest BCUT2D eigenvalue weighted by Gasteiger charge is -2.16. The summed E-state index contributed by atoms with van der Waals surface area (Å²) in [5.41, 5.74) is 0. The lowest BCUT2D eigenvalue weighted by Crippen LogP contribution is -2.24. The SMILES string of the molecule is C#CC(Nc1cc(Cl)ncn1)C(C)C. The molecule has 0 aliphatic carbocycles. The number of terminal acetylenes is 1. The fourth-order valence-electron chi connectivity index (χ4n) is 0.973. The van der Waals surface area contributed by atoms with Crippen LogP contribution in [-0.4, -0.2) is 16.0 Å². The maximum Gasteiger partial charge on any atom is 0.134 e. The van der Waals surface area contributed by atoms with Crippen LogP contribution in [0.1, 0.15) is 13.8 Å². The van der Waals surface area contributed by atoms with Crippen molar-refractivity contribution in [3.05, 3.63) is 17.5 Å². The van der Waals surface area contributed by atoms with E-state index in [-0.39, 0.29) is 6.04 Å². The van der Waals surface area contributed by atoms with Gasteiger partial charge in [-0.05, 0) is 5.92 Å². The van der Waals surface area contributed by atoms with E-state index in [1.807, 2.05) is 13.8 Å². The first-order valence-electron chi connectivity index (χ1n) is 4.33. The Morgan fingerprint density at radius 2 is 2.21 bits per heavy atom. The van der Waals surface area contributed by atoms with Crippen molar-refractivity contribution < 1.29 is 0 Å². The zero-order chi connectivity index (χ0) is 10.6. The van der Waals surface area contributed by atoms with Crippen LogP contribution < -0.4 is 5.32 Å². The molecule has 0 aliphatic heterocycles. The van der Waals surface area contributed by atoms with E-state index in [1.165, 1.54) is 6.33 Å². The number of hydrogen-bond donors (Lipinski definition) is 1. The molecule has 14 heavy (non-hydrogen) atoms. The second-order valence-corrected chi connectivity index (χ2v) is 3.65. The van der Waals surface area contributed by atoms with Gasteiger partial charge in [-0.25, -0.2) is 9.97 Å². The van der Waals surface area contributed by atoms with Crippen LogP contribution in [0.25, 0.3) is 0 Å². The van der Waals surface area contributed by atoms with Gasteiger partial charge in [0.05, 0.1) is 6.04 Å². The number of anilines is 1. The lowest BCUT2D eigenvalue weighted by molar-refractivity contribution is 0.612. The number of hydrogen-bond acceptors (Lipinski definition) is 3. The molecule has 3 nitrogen and oxygen atoms in total. The molecular formula is C10H12ClN3. The van der Waals surface area contributed by atoms with Gasteiger partial charge in [-0.3, -0.25) is 0 Å². The molecule has 4 heteroatoms. The van der Waals surface area contributed by atoms with Crippen molar-refractivity contribution in [3.63, 3.8) is 0 Å². The predicted molar refractivity (Wildman–Crippen MR) is 58.1 cm³/mol. The molecule has 1 aromatic rings. The molecular weight excluding hydrogens is 198 g/mol. The molecule has 1 rings (SSSR count). The van der Waals surface area contributed by atoms with E-state index in [9.17, 15) is 0 Å². The fourth-order valence-corrected chi connectivity index (χ4v) is 1.12. The highest BCUT2D eigenvalue weighted by Gasteiger charge is 2.10. The maximum atomic E-state index is 5.71. The minimum atomic E-state index is -0.0408. The van der Waals surface area contributed by atoms with Gasteiger partial charge in [0.1, 0.15) is 17.3 Å².